The molecule has 2 aliphatic rings. The first kappa shape index (κ1) is 18.3. The lowest BCUT2D eigenvalue weighted by atomic mass is 9.73. The first-order valence-electron chi connectivity index (χ1n) is 8.41. The molecule has 0 radical (unpaired) electrons. The second-order valence-corrected chi connectivity index (χ2v) is 9.22. The number of hydrogen-bond donors (Lipinski definition) is 0. The van der Waals surface area contributed by atoms with Gasteiger partial charge in [-0.3, -0.25) is 9.78 Å². The van der Waals surface area contributed by atoms with Crippen LogP contribution in [0.25, 0.3) is 0 Å². The molecule has 0 aliphatic carbocycles. The number of aryl methyl sites for hydroxylation is 1. The van der Waals surface area contributed by atoms with Crippen LogP contribution in [0.5, 0.6) is 0 Å². The minimum Gasteiger partial charge on any atom is -0.384 e. The zero-order valence-corrected chi connectivity index (χ0v) is 15.8. The van der Waals surface area contributed by atoms with Crippen LogP contribution in [0.15, 0.2) is 18.3 Å². The molecule has 7 nitrogen and oxygen atoms in total. The minimum absolute atomic E-state index is 0.0451. The molecule has 2 atom stereocenters. The van der Waals surface area contributed by atoms with Gasteiger partial charge in [0.15, 0.2) is 0 Å². The van der Waals surface area contributed by atoms with Crippen LogP contribution in [0.3, 0.4) is 0 Å². The maximum absolute atomic E-state index is 12.8. The van der Waals surface area contributed by atoms with Crippen LogP contribution in [-0.2, 0) is 14.8 Å². The monoisotopic (exact) mass is 367 g/mol. The van der Waals surface area contributed by atoms with Gasteiger partial charge in [-0.1, -0.05) is 0 Å². The van der Waals surface area contributed by atoms with Gasteiger partial charge in [0.1, 0.15) is 0 Å². The van der Waals surface area contributed by atoms with Gasteiger partial charge in [0.2, 0.25) is 10.0 Å². The smallest absolute Gasteiger partial charge is 0.255 e. The number of ether oxygens (including phenoxy) is 1. The molecule has 0 aromatic carbocycles. The van der Waals surface area contributed by atoms with Gasteiger partial charge in [-0.2, -0.15) is 0 Å². The molecule has 8 heteroatoms. The van der Waals surface area contributed by atoms with Crippen LogP contribution < -0.4 is 0 Å². The Morgan fingerprint density at radius 3 is 2.76 bits per heavy atom. The Kier molecular flexibility index (Phi) is 4.87. The average Bonchev–Trinajstić information content (AvgIpc) is 2.94. The highest BCUT2D eigenvalue weighted by atomic mass is 32.2. The highest BCUT2D eigenvalue weighted by Gasteiger charge is 2.52. The fourth-order valence-corrected chi connectivity index (χ4v) is 4.91. The van der Waals surface area contributed by atoms with Crippen molar-refractivity contribution in [1.29, 1.82) is 0 Å². The van der Waals surface area contributed by atoms with Crippen molar-refractivity contribution in [3.63, 3.8) is 0 Å². The van der Waals surface area contributed by atoms with Crippen molar-refractivity contribution in [1.82, 2.24) is 14.2 Å². The van der Waals surface area contributed by atoms with Gasteiger partial charge in [0, 0.05) is 50.6 Å². The lowest BCUT2D eigenvalue weighted by Gasteiger charge is -2.43. The quantitative estimate of drug-likeness (QED) is 0.785. The second kappa shape index (κ2) is 6.66. The van der Waals surface area contributed by atoms with E-state index in [1.165, 1.54) is 10.6 Å². The summed E-state index contributed by atoms with van der Waals surface area (Å²) < 4.78 is 30.9. The van der Waals surface area contributed by atoms with Gasteiger partial charge >= 0.3 is 0 Å². The Bertz CT molecular complexity index is 750. The summed E-state index contributed by atoms with van der Waals surface area (Å²) >= 11 is 0. The lowest BCUT2D eigenvalue weighted by Crippen LogP contribution is -2.50. The van der Waals surface area contributed by atoms with Crippen LogP contribution in [0.4, 0.5) is 0 Å². The Balaban J connectivity index is 1.79. The molecule has 1 aromatic heterocycles. The van der Waals surface area contributed by atoms with E-state index in [0.29, 0.717) is 38.3 Å². The van der Waals surface area contributed by atoms with E-state index >= 15 is 0 Å². The molecule has 1 amide bonds. The first-order valence-corrected chi connectivity index (χ1v) is 10.3. The van der Waals surface area contributed by atoms with E-state index in [1.54, 1.807) is 19.4 Å². The number of pyridine rings is 1. The van der Waals surface area contributed by atoms with Crippen molar-refractivity contribution in [3.05, 3.63) is 29.6 Å². The molecule has 0 bridgehead atoms. The van der Waals surface area contributed by atoms with Crippen LogP contribution in [0.2, 0.25) is 0 Å². The number of fused-ring (bicyclic) bond motifs is 1. The van der Waals surface area contributed by atoms with E-state index in [-0.39, 0.29) is 17.2 Å². The Labute approximate surface area is 149 Å². The number of methoxy groups -OCH3 is 1. The Hall–Kier alpha value is -1.51. The highest BCUT2D eigenvalue weighted by molar-refractivity contribution is 7.88. The summed E-state index contributed by atoms with van der Waals surface area (Å²) in [6.07, 6.45) is 3.58. The maximum atomic E-state index is 12.8. The normalized spacial score (nSPS) is 27.3. The number of hydrogen-bond acceptors (Lipinski definition) is 5. The molecule has 25 heavy (non-hydrogen) atoms. The third kappa shape index (κ3) is 3.56. The fourth-order valence-electron chi connectivity index (χ4n) is 3.97. The lowest BCUT2D eigenvalue weighted by molar-refractivity contribution is 0.00341. The first-order chi connectivity index (χ1) is 11.7. The third-order valence-corrected chi connectivity index (χ3v) is 6.66. The zero-order valence-electron chi connectivity index (χ0n) is 14.9. The van der Waals surface area contributed by atoms with Crippen molar-refractivity contribution in [3.8, 4) is 0 Å². The molecule has 2 unspecified atom stereocenters. The minimum atomic E-state index is -3.25. The topological polar surface area (TPSA) is 79.8 Å². The van der Waals surface area contributed by atoms with Gasteiger partial charge in [0.25, 0.3) is 5.91 Å². The van der Waals surface area contributed by atoms with E-state index in [4.69, 9.17) is 4.74 Å². The average molecular weight is 367 g/mol. The molecule has 2 aliphatic heterocycles. The number of amides is 1. The number of aromatic nitrogens is 1. The van der Waals surface area contributed by atoms with Gasteiger partial charge in [-0.25, -0.2) is 12.7 Å². The maximum Gasteiger partial charge on any atom is 0.255 e. The van der Waals surface area contributed by atoms with Crippen molar-refractivity contribution in [2.24, 2.45) is 11.3 Å². The highest BCUT2D eigenvalue weighted by Crippen LogP contribution is 2.44. The molecule has 2 fully saturated rings. The molecule has 3 heterocycles. The number of piperidine rings is 1. The van der Waals surface area contributed by atoms with Crippen LogP contribution in [-0.4, -0.2) is 74.7 Å². The summed E-state index contributed by atoms with van der Waals surface area (Å²) in [5, 5.41) is 0. The Morgan fingerprint density at radius 1 is 1.40 bits per heavy atom. The number of likely N-dealkylation sites (tertiary alicyclic amines) is 1. The number of rotatable bonds is 4. The van der Waals surface area contributed by atoms with Gasteiger partial charge in [-0.15, -0.1) is 0 Å². The van der Waals surface area contributed by atoms with E-state index in [0.717, 1.165) is 12.1 Å². The number of nitrogens with zero attached hydrogens (tertiary/aromatic N) is 3. The van der Waals surface area contributed by atoms with E-state index in [2.05, 4.69) is 4.98 Å². The summed E-state index contributed by atoms with van der Waals surface area (Å²) in [6, 6.07) is 3.62. The molecular weight excluding hydrogens is 342 g/mol. The number of sulfonamides is 1. The van der Waals surface area contributed by atoms with E-state index < -0.39 is 10.0 Å². The molecule has 2 saturated heterocycles. The SMILES string of the molecule is COCC12CCN(C(=O)c3ccc(C)nc3)CC1CN(S(C)(=O)=O)C2. The fraction of sp³-hybridized carbons (Fsp3) is 0.647. The van der Waals surface area contributed by atoms with Crippen molar-refractivity contribution in [2.75, 3.05) is 46.2 Å². The third-order valence-electron chi connectivity index (χ3n) is 5.45. The van der Waals surface area contributed by atoms with Crippen molar-refractivity contribution in [2.45, 2.75) is 13.3 Å². The van der Waals surface area contributed by atoms with E-state index in [9.17, 15) is 13.2 Å². The Morgan fingerprint density at radius 2 is 2.16 bits per heavy atom. The standard InChI is InChI=1S/C17H25N3O4S/c1-13-4-5-14(8-18-13)16(21)19-7-6-17(12-24-2)11-20(25(3,22)23)10-15(17)9-19/h4-5,8,15H,6-7,9-12H2,1-3H3. The molecule has 0 N–H and O–H groups in total. The van der Waals surface area contributed by atoms with Crippen LogP contribution >= 0.6 is 0 Å². The predicted molar refractivity (Wildman–Crippen MR) is 93.7 cm³/mol. The van der Waals surface area contributed by atoms with Gasteiger partial charge in [-0.05, 0) is 31.4 Å². The molecular formula is C17H25N3O4S. The van der Waals surface area contributed by atoms with Gasteiger partial charge in [0.05, 0.1) is 18.4 Å². The molecule has 0 saturated carbocycles. The summed E-state index contributed by atoms with van der Waals surface area (Å²) in [4.78, 5) is 18.8. The largest absolute Gasteiger partial charge is 0.384 e. The van der Waals surface area contributed by atoms with Crippen LogP contribution in [0.1, 0.15) is 22.5 Å². The summed E-state index contributed by atoms with van der Waals surface area (Å²) in [5.41, 5.74) is 1.23. The number of carbonyl (C=O) groups is 1. The molecule has 1 aromatic rings. The van der Waals surface area contributed by atoms with Crippen LogP contribution in [0, 0.1) is 18.3 Å². The molecule has 3 rings (SSSR count). The number of carbonyl (C=O) groups excluding carboxylic acids is 1. The summed E-state index contributed by atoms with van der Waals surface area (Å²) in [6.45, 7) is 4.45. The second-order valence-electron chi connectivity index (χ2n) is 7.24. The van der Waals surface area contributed by atoms with Gasteiger partial charge < -0.3 is 9.64 Å². The predicted octanol–water partition coefficient (Wildman–Crippen LogP) is 0.760. The molecule has 0 spiro atoms. The summed E-state index contributed by atoms with van der Waals surface area (Å²) in [5.74, 6) is 0.0367. The zero-order chi connectivity index (χ0) is 18.2. The van der Waals surface area contributed by atoms with Crippen molar-refractivity contribution >= 4 is 15.9 Å². The molecule has 138 valence electrons. The van der Waals surface area contributed by atoms with E-state index in [1.807, 2.05) is 17.9 Å². The van der Waals surface area contributed by atoms with Crippen molar-refractivity contribution < 1.29 is 17.9 Å². The summed E-state index contributed by atoms with van der Waals surface area (Å²) in [7, 11) is -1.60.